The van der Waals surface area contributed by atoms with Crippen LogP contribution < -0.4 is 5.32 Å². The lowest BCUT2D eigenvalue weighted by Crippen LogP contribution is -2.17. The zero-order valence-electron chi connectivity index (χ0n) is 15.0. The van der Waals surface area contributed by atoms with Gasteiger partial charge < -0.3 is 5.32 Å². The lowest BCUT2D eigenvalue weighted by molar-refractivity contribution is 0.589. The van der Waals surface area contributed by atoms with Gasteiger partial charge in [0.2, 0.25) is 0 Å². The number of benzene rings is 3. The molecule has 124 valence electrons. The minimum Gasteiger partial charge on any atom is -0.312 e. The monoisotopic (exact) mass is 317 g/mol. The Kier molecular flexibility index (Phi) is 5.01. The van der Waals surface area contributed by atoms with Gasteiger partial charge in [0.25, 0.3) is 0 Å². The van der Waals surface area contributed by atoms with Crippen LogP contribution in [0.25, 0.3) is 10.8 Å². The molecular weight excluding hydrogens is 290 g/mol. The average Bonchev–Trinajstić information content (AvgIpc) is 2.58. The molecule has 0 aromatic heterocycles. The molecule has 1 heteroatoms. The lowest BCUT2D eigenvalue weighted by Gasteiger charge is -2.19. The molecule has 0 bridgehead atoms. The van der Waals surface area contributed by atoms with Gasteiger partial charge in [0, 0.05) is 6.54 Å². The number of hydrogen-bond donors (Lipinski definition) is 1. The lowest BCUT2D eigenvalue weighted by atomic mass is 9.87. The highest BCUT2D eigenvalue weighted by molar-refractivity contribution is 5.85. The average molecular weight is 317 g/mol. The van der Waals surface area contributed by atoms with Crippen molar-refractivity contribution in [2.45, 2.75) is 39.2 Å². The van der Waals surface area contributed by atoms with Gasteiger partial charge in [-0.3, -0.25) is 0 Å². The van der Waals surface area contributed by atoms with Crippen LogP contribution in [0.2, 0.25) is 0 Å². The SMILES string of the molecule is CC(C)(C)c1ccc(CNCCc2cccc3ccccc23)cc1. The Labute approximate surface area is 145 Å². The fourth-order valence-corrected chi connectivity index (χ4v) is 3.09. The van der Waals surface area contributed by atoms with E-state index >= 15 is 0 Å². The predicted molar refractivity (Wildman–Crippen MR) is 105 cm³/mol. The molecular formula is C23H27N. The van der Waals surface area contributed by atoms with Gasteiger partial charge in [0.15, 0.2) is 0 Å². The molecule has 0 fully saturated rings. The number of nitrogens with one attached hydrogen (secondary N) is 1. The Balaban J connectivity index is 1.55. The fraction of sp³-hybridized carbons (Fsp3) is 0.304. The van der Waals surface area contributed by atoms with Crippen LogP contribution in [0, 0.1) is 0 Å². The Hall–Kier alpha value is -2.12. The van der Waals surface area contributed by atoms with Crippen LogP contribution in [0.1, 0.15) is 37.5 Å². The van der Waals surface area contributed by atoms with E-state index in [2.05, 4.69) is 92.8 Å². The van der Waals surface area contributed by atoms with Gasteiger partial charge in [-0.2, -0.15) is 0 Å². The smallest absolute Gasteiger partial charge is 0.0205 e. The van der Waals surface area contributed by atoms with E-state index < -0.39 is 0 Å². The molecule has 0 aliphatic carbocycles. The van der Waals surface area contributed by atoms with Crippen LogP contribution in [0.4, 0.5) is 0 Å². The van der Waals surface area contributed by atoms with Crippen molar-refractivity contribution in [1.29, 1.82) is 0 Å². The first kappa shape index (κ1) is 16.7. The highest BCUT2D eigenvalue weighted by Gasteiger charge is 2.12. The summed E-state index contributed by atoms with van der Waals surface area (Å²) < 4.78 is 0. The molecule has 0 spiro atoms. The maximum Gasteiger partial charge on any atom is 0.0205 e. The van der Waals surface area contributed by atoms with Gasteiger partial charge in [-0.15, -0.1) is 0 Å². The zero-order valence-corrected chi connectivity index (χ0v) is 15.0. The van der Waals surface area contributed by atoms with Crippen molar-refractivity contribution >= 4 is 10.8 Å². The Bertz CT molecular complexity index is 789. The molecule has 0 aliphatic rings. The molecule has 0 heterocycles. The van der Waals surface area contributed by atoms with Crippen LogP contribution >= 0.6 is 0 Å². The van der Waals surface area contributed by atoms with E-state index in [-0.39, 0.29) is 5.41 Å². The van der Waals surface area contributed by atoms with E-state index in [0.29, 0.717) is 0 Å². The van der Waals surface area contributed by atoms with Crippen molar-refractivity contribution in [2.75, 3.05) is 6.54 Å². The topological polar surface area (TPSA) is 12.0 Å². The summed E-state index contributed by atoms with van der Waals surface area (Å²) in [6.07, 6.45) is 1.06. The third kappa shape index (κ3) is 4.04. The Morgan fingerprint density at radius 2 is 1.50 bits per heavy atom. The Morgan fingerprint density at radius 3 is 2.25 bits per heavy atom. The molecule has 1 N–H and O–H groups in total. The molecule has 0 aliphatic heterocycles. The predicted octanol–water partition coefficient (Wildman–Crippen LogP) is 5.47. The second kappa shape index (κ2) is 7.19. The first-order valence-electron chi connectivity index (χ1n) is 8.81. The molecule has 3 aromatic rings. The van der Waals surface area contributed by atoms with Crippen LogP contribution in [-0.4, -0.2) is 6.54 Å². The quantitative estimate of drug-likeness (QED) is 0.615. The van der Waals surface area contributed by atoms with E-state index in [1.54, 1.807) is 0 Å². The summed E-state index contributed by atoms with van der Waals surface area (Å²) in [6.45, 7) is 8.68. The van der Waals surface area contributed by atoms with E-state index in [1.807, 2.05) is 0 Å². The summed E-state index contributed by atoms with van der Waals surface area (Å²) in [6, 6.07) is 24.2. The van der Waals surface area contributed by atoms with Gasteiger partial charge in [0.1, 0.15) is 0 Å². The van der Waals surface area contributed by atoms with Crippen molar-refractivity contribution < 1.29 is 0 Å². The van der Waals surface area contributed by atoms with Crippen LogP contribution in [0.3, 0.4) is 0 Å². The van der Waals surface area contributed by atoms with Crippen LogP contribution in [0.15, 0.2) is 66.7 Å². The second-order valence-corrected chi connectivity index (χ2v) is 7.51. The molecule has 1 nitrogen and oxygen atoms in total. The van der Waals surface area contributed by atoms with Crippen molar-refractivity contribution in [1.82, 2.24) is 5.32 Å². The maximum atomic E-state index is 3.57. The number of fused-ring (bicyclic) bond motifs is 1. The van der Waals surface area contributed by atoms with E-state index in [9.17, 15) is 0 Å². The van der Waals surface area contributed by atoms with Gasteiger partial charge in [0.05, 0.1) is 0 Å². The largest absolute Gasteiger partial charge is 0.312 e. The molecule has 3 rings (SSSR count). The van der Waals surface area contributed by atoms with E-state index in [1.165, 1.54) is 27.5 Å². The third-order valence-corrected chi connectivity index (χ3v) is 4.60. The van der Waals surface area contributed by atoms with Gasteiger partial charge >= 0.3 is 0 Å². The molecule has 0 unspecified atom stereocenters. The molecule has 3 aromatic carbocycles. The molecule has 0 saturated heterocycles. The Morgan fingerprint density at radius 1 is 0.792 bits per heavy atom. The van der Waals surface area contributed by atoms with Gasteiger partial charge in [-0.25, -0.2) is 0 Å². The molecule has 24 heavy (non-hydrogen) atoms. The summed E-state index contributed by atoms with van der Waals surface area (Å²) in [5.41, 5.74) is 4.38. The first-order chi connectivity index (χ1) is 11.5. The third-order valence-electron chi connectivity index (χ3n) is 4.60. The standard InChI is InChI=1S/C23H27N/c1-23(2,3)21-13-11-18(12-14-21)17-24-16-15-20-9-6-8-19-7-4-5-10-22(19)20/h4-14,24H,15-17H2,1-3H3. The van der Waals surface area contributed by atoms with E-state index in [0.717, 1.165) is 19.5 Å². The van der Waals surface area contributed by atoms with Crippen molar-refractivity contribution in [3.63, 3.8) is 0 Å². The minimum atomic E-state index is 0.223. The van der Waals surface area contributed by atoms with E-state index in [4.69, 9.17) is 0 Å². The van der Waals surface area contributed by atoms with Gasteiger partial charge in [-0.1, -0.05) is 87.5 Å². The van der Waals surface area contributed by atoms with Gasteiger partial charge in [-0.05, 0) is 45.8 Å². The molecule has 0 amide bonds. The summed E-state index contributed by atoms with van der Waals surface area (Å²) in [4.78, 5) is 0. The number of rotatable bonds is 5. The summed E-state index contributed by atoms with van der Waals surface area (Å²) in [5, 5.41) is 6.27. The minimum absolute atomic E-state index is 0.223. The summed E-state index contributed by atoms with van der Waals surface area (Å²) in [5.74, 6) is 0. The van der Waals surface area contributed by atoms with Crippen LogP contribution in [0.5, 0.6) is 0 Å². The molecule has 0 saturated carbocycles. The highest BCUT2D eigenvalue weighted by atomic mass is 14.8. The molecule has 0 atom stereocenters. The summed E-state index contributed by atoms with van der Waals surface area (Å²) in [7, 11) is 0. The maximum absolute atomic E-state index is 3.57. The zero-order chi connectivity index (χ0) is 17.0. The van der Waals surface area contributed by atoms with Crippen molar-refractivity contribution in [3.8, 4) is 0 Å². The van der Waals surface area contributed by atoms with Crippen molar-refractivity contribution in [2.24, 2.45) is 0 Å². The normalized spacial score (nSPS) is 11.8. The van der Waals surface area contributed by atoms with Crippen LogP contribution in [-0.2, 0) is 18.4 Å². The second-order valence-electron chi connectivity index (χ2n) is 7.51. The summed E-state index contributed by atoms with van der Waals surface area (Å²) >= 11 is 0. The number of hydrogen-bond acceptors (Lipinski definition) is 1. The van der Waals surface area contributed by atoms with Crippen molar-refractivity contribution in [3.05, 3.63) is 83.4 Å². The molecule has 0 radical (unpaired) electrons. The highest BCUT2D eigenvalue weighted by Crippen LogP contribution is 2.22. The first-order valence-corrected chi connectivity index (χ1v) is 8.81. The fourth-order valence-electron chi connectivity index (χ4n) is 3.09.